The first kappa shape index (κ1) is 10.7. The van der Waals surface area contributed by atoms with Gasteiger partial charge in [-0.2, -0.15) is 0 Å². The third-order valence-electron chi connectivity index (χ3n) is 4.28. The van der Waals surface area contributed by atoms with Crippen molar-refractivity contribution in [2.45, 2.75) is 43.1 Å². The SMILES string of the molecule is ClC1CC2CCC(C1)N2c1nccc2occc12. The zero-order valence-electron chi connectivity index (χ0n) is 10.1. The highest BCUT2D eigenvalue weighted by Crippen LogP contribution is 2.42. The van der Waals surface area contributed by atoms with Gasteiger partial charge in [0, 0.05) is 23.7 Å². The standard InChI is InChI=1S/C14H15ClN2O/c15-9-7-10-1-2-11(8-9)17(10)14-12-4-6-18-13(12)3-5-16-14/h3-6,9-11H,1-2,7-8H2. The molecular formula is C14H15ClN2O. The van der Waals surface area contributed by atoms with E-state index in [1.54, 1.807) is 6.26 Å². The van der Waals surface area contributed by atoms with Crippen molar-refractivity contribution in [1.29, 1.82) is 0 Å². The molecule has 4 rings (SSSR count). The van der Waals surface area contributed by atoms with Crippen molar-refractivity contribution < 1.29 is 4.42 Å². The first-order valence-corrected chi connectivity index (χ1v) is 7.01. The van der Waals surface area contributed by atoms with Gasteiger partial charge < -0.3 is 9.32 Å². The first-order valence-electron chi connectivity index (χ1n) is 6.57. The summed E-state index contributed by atoms with van der Waals surface area (Å²) in [5.74, 6) is 1.08. The third kappa shape index (κ3) is 1.46. The number of halogens is 1. The number of alkyl halides is 1. The van der Waals surface area contributed by atoms with Gasteiger partial charge in [0.2, 0.25) is 0 Å². The van der Waals surface area contributed by atoms with Crippen molar-refractivity contribution in [3.05, 3.63) is 24.6 Å². The molecule has 0 aliphatic carbocycles. The minimum atomic E-state index is 0.335. The molecule has 0 radical (unpaired) electrons. The van der Waals surface area contributed by atoms with Gasteiger partial charge in [0.1, 0.15) is 11.4 Å². The zero-order valence-corrected chi connectivity index (χ0v) is 10.8. The fraction of sp³-hybridized carbons (Fsp3) is 0.500. The van der Waals surface area contributed by atoms with Crippen molar-refractivity contribution in [3.63, 3.8) is 0 Å². The van der Waals surface area contributed by atoms with Gasteiger partial charge in [0.05, 0.1) is 11.6 Å². The van der Waals surface area contributed by atoms with Crippen LogP contribution in [0.25, 0.3) is 11.0 Å². The number of furan rings is 1. The zero-order chi connectivity index (χ0) is 12.1. The molecule has 0 saturated carbocycles. The number of anilines is 1. The average Bonchev–Trinajstić information content (AvgIpc) is 2.92. The van der Waals surface area contributed by atoms with Gasteiger partial charge in [-0.3, -0.25) is 0 Å². The second-order valence-corrected chi connectivity index (χ2v) is 5.95. The molecule has 2 aromatic rings. The second-order valence-electron chi connectivity index (χ2n) is 5.33. The van der Waals surface area contributed by atoms with Crippen LogP contribution in [0.1, 0.15) is 25.7 Å². The summed E-state index contributed by atoms with van der Waals surface area (Å²) in [7, 11) is 0. The van der Waals surface area contributed by atoms with E-state index in [1.165, 1.54) is 12.8 Å². The molecule has 2 unspecified atom stereocenters. The Balaban J connectivity index is 1.81. The molecule has 18 heavy (non-hydrogen) atoms. The van der Waals surface area contributed by atoms with Crippen LogP contribution in [-0.4, -0.2) is 22.4 Å². The molecular weight excluding hydrogens is 248 g/mol. The molecule has 4 heterocycles. The number of nitrogens with zero attached hydrogens (tertiary/aromatic N) is 2. The average molecular weight is 263 g/mol. The Morgan fingerprint density at radius 1 is 1.22 bits per heavy atom. The summed E-state index contributed by atoms with van der Waals surface area (Å²) in [5.41, 5.74) is 0.924. The molecule has 2 aromatic heterocycles. The molecule has 0 spiro atoms. The summed E-state index contributed by atoms with van der Waals surface area (Å²) >= 11 is 6.33. The maximum absolute atomic E-state index is 6.33. The van der Waals surface area contributed by atoms with E-state index in [4.69, 9.17) is 16.0 Å². The predicted octanol–water partition coefficient (Wildman–Crippen LogP) is 3.57. The van der Waals surface area contributed by atoms with Gasteiger partial charge >= 0.3 is 0 Å². The topological polar surface area (TPSA) is 29.3 Å². The lowest BCUT2D eigenvalue weighted by atomic mass is 10.0. The number of piperidine rings is 1. The van der Waals surface area contributed by atoms with Gasteiger partial charge in [-0.1, -0.05) is 0 Å². The number of rotatable bonds is 1. The molecule has 2 aliphatic rings. The molecule has 94 valence electrons. The Labute approximate surface area is 111 Å². The van der Waals surface area contributed by atoms with Gasteiger partial charge in [-0.25, -0.2) is 4.98 Å². The minimum Gasteiger partial charge on any atom is -0.464 e. The molecule has 2 fully saturated rings. The Kier molecular flexibility index (Phi) is 2.31. The molecule has 2 bridgehead atoms. The second kappa shape index (κ2) is 3.89. The monoisotopic (exact) mass is 262 g/mol. The fourth-order valence-electron chi connectivity index (χ4n) is 3.54. The lowest BCUT2D eigenvalue weighted by Crippen LogP contribution is -2.43. The van der Waals surface area contributed by atoms with E-state index < -0.39 is 0 Å². The Morgan fingerprint density at radius 3 is 2.78 bits per heavy atom. The van der Waals surface area contributed by atoms with E-state index in [9.17, 15) is 0 Å². The van der Waals surface area contributed by atoms with Crippen molar-refractivity contribution in [1.82, 2.24) is 4.98 Å². The summed E-state index contributed by atoms with van der Waals surface area (Å²) in [6, 6.07) is 5.05. The van der Waals surface area contributed by atoms with Crippen molar-refractivity contribution >= 4 is 28.4 Å². The predicted molar refractivity (Wildman–Crippen MR) is 72.2 cm³/mol. The van der Waals surface area contributed by atoms with Crippen LogP contribution < -0.4 is 4.90 Å². The van der Waals surface area contributed by atoms with Gasteiger partial charge in [-0.05, 0) is 37.8 Å². The Bertz CT molecular complexity index is 568. The van der Waals surface area contributed by atoms with E-state index in [0.29, 0.717) is 17.5 Å². The highest BCUT2D eigenvalue weighted by Gasteiger charge is 2.41. The summed E-state index contributed by atoms with van der Waals surface area (Å²) in [6.45, 7) is 0. The first-order chi connectivity index (χ1) is 8.83. The quantitative estimate of drug-likeness (QED) is 0.736. The molecule has 0 N–H and O–H groups in total. The third-order valence-corrected chi connectivity index (χ3v) is 4.64. The Morgan fingerprint density at radius 2 is 2.00 bits per heavy atom. The molecule has 2 saturated heterocycles. The lowest BCUT2D eigenvalue weighted by Gasteiger charge is -2.38. The number of fused-ring (bicyclic) bond motifs is 3. The van der Waals surface area contributed by atoms with Crippen molar-refractivity contribution in [2.24, 2.45) is 0 Å². The lowest BCUT2D eigenvalue weighted by molar-refractivity contribution is 0.471. The van der Waals surface area contributed by atoms with Crippen LogP contribution in [0.4, 0.5) is 5.82 Å². The molecule has 0 amide bonds. The van der Waals surface area contributed by atoms with Crippen LogP contribution in [0.3, 0.4) is 0 Å². The highest BCUT2D eigenvalue weighted by atomic mass is 35.5. The molecule has 0 aromatic carbocycles. The number of hydrogen-bond acceptors (Lipinski definition) is 3. The van der Waals surface area contributed by atoms with E-state index in [2.05, 4.69) is 9.88 Å². The van der Waals surface area contributed by atoms with E-state index in [-0.39, 0.29) is 0 Å². The van der Waals surface area contributed by atoms with Crippen LogP contribution in [0, 0.1) is 0 Å². The van der Waals surface area contributed by atoms with Gasteiger partial charge in [0.15, 0.2) is 0 Å². The number of aromatic nitrogens is 1. The molecule has 4 heteroatoms. The highest BCUT2D eigenvalue weighted by molar-refractivity contribution is 6.20. The Hall–Kier alpha value is -1.22. The van der Waals surface area contributed by atoms with Crippen molar-refractivity contribution in [3.8, 4) is 0 Å². The summed E-state index contributed by atoms with van der Waals surface area (Å²) in [6.07, 6.45) is 8.22. The van der Waals surface area contributed by atoms with Crippen LogP contribution in [-0.2, 0) is 0 Å². The van der Waals surface area contributed by atoms with Gasteiger partial charge in [0.25, 0.3) is 0 Å². The van der Waals surface area contributed by atoms with Crippen LogP contribution in [0.15, 0.2) is 29.0 Å². The fourth-order valence-corrected chi connectivity index (χ4v) is 3.95. The minimum absolute atomic E-state index is 0.335. The molecule has 3 nitrogen and oxygen atoms in total. The number of pyridine rings is 1. The summed E-state index contributed by atoms with van der Waals surface area (Å²) in [5, 5.41) is 1.46. The molecule has 2 atom stereocenters. The van der Waals surface area contributed by atoms with E-state index in [1.807, 2.05) is 18.3 Å². The van der Waals surface area contributed by atoms with Crippen LogP contribution >= 0.6 is 11.6 Å². The largest absolute Gasteiger partial charge is 0.464 e. The summed E-state index contributed by atoms with van der Waals surface area (Å²) in [4.78, 5) is 7.07. The summed E-state index contributed by atoms with van der Waals surface area (Å²) < 4.78 is 5.47. The maximum Gasteiger partial charge on any atom is 0.140 e. The van der Waals surface area contributed by atoms with E-state index in [0.717, 1.165) is 29.6 Å². The number of hydrogen-bond donors (Lipinski definition) is 0. The van der Waals surface area contributed by atoms with Crippen molar-refractivity contribution in [2.75, 3.05) is 4.90 Å². The van der Waals surface area contributed by atoms with E-state index >= 15 is 0 Å². The smallest absolute Gasteiger partial charge is 0.140 e. The molecule has 2 aliphatic heterocycles. The maximum atomic E-state index is 6.33. The van der Waals surface area contributed by atoms with Gasteiger partial charge in [-0.15, -0.1) is 11.6 Å². The normalized spacial score (nSPS) is 31.2. The van der Waals surface area contributed by atoms with Crippen LogP contribution in [0.5, 0.6) is 0 Å². The van der Waals surface area contributed by atoms with Crippen LogP contribution in [0.2, 0.25) is 0 Å².